The molecule has 258 valence electrons. The number of nitrogens with zero attached hydrogens (tertiary/aromatic N) is 1. The minimum atomic E-state index is -1.34. The number of benzene rings is 2. The molecular weight excluding hydrogens is 582 g/mol. The number of hydrogen-bond donors (Lipinski definition) is 0. The molecule has 2 aromatic rings. The zero-order valence-electron chi connectivity index (χ0n) is 31.6. The molecule has 1 atom stereocenters. The summed E-state index contributed by atoms with van der Waals surface area (Å²) in [5.41, 5.74) is 6.07. The number of unbranched alkanes of at least 4 members (excludes halogenated alkanes) is 1. The van der Waals surface area contributed by atoms with Crippen molar-refractivity contribution < 1.29 is 4.39 Å². The lowest BCUT2D eigenvalue weighted by Crippen LogP contribution is -2.32. The third kappa shape index (κ3) is 15.9. The van der Waals surface area contributed by atoms with Crippen LogP contribution in [-0.2, 0) is 5.67 Å². The van der Waals surface area contributed by atoms with Crippen LogP contribution in [0.4, 0.5) is 4.39 Å². The van der Waals surface area contributed by atoms with Gasteiger partial charge in [-0.3, -0.25) is 0 Å². The van der Waals surface area contributed by atoms with Gasteiger partial charge in [0, 0.05) is 24.4 Å². The second-order valence-corrected chi connectivity index (χ2v) is 13.8. The van der Waals surface area contributed by atoms with Gasteiger partial charge in [0.15, 0.2) is 0 Å². The van der Waals surface area contributed by atoms with Crippen molar-refractivity contribution in [3.63, 3.8) is 0 Å². The highest BCUT2D eigenvalue weighted by Crippen LogP contribution is 2.37. The third-order valence-corrected chi connectivity index (χ3v) is 9.37. The SMILES string of the molecule is C=C(C)/C(C)=C/SC(=C)C1CCN(C(=C)c2ccccc2-c2ccc(C(C)(C)F)cc2)CC1.CC.CCC.CCCCC(C)CC. The summed E-state index contributed by atoms with van der Waals surface area (Å²) in [7, 11) is 0. The summed E-state index contributed by atoms with van der Waals surface area (Å²) < 4.78 is 14.3. The maximum Gasteiger partial charge on any atom is 0.130 e. The molecule has 3 heteroatoms. The van der Waals surface area contributed by atoms with Crippen LogP contribution in [0, 0.1) is 11.8 Å². The molecule has 1 heterocycles. The van der Waals surface area contributed by atoms with Gasteiger partial charge >= 0.3 is 0 Å². The maximum atomic E-state index is 14.3. The smallest absolute Gasteiger partial charge is 0.130 e. The van der Waals surface area contributed by atoms with Crippen LogP contribution < -0.4 is 0 Å². The van der Waals surface area contributed by atoms with Gasteiger partial charge < -0.3 is 4.90 Å². The van der Waals surface area contributed by atoms with Gasteiger partial charge in [-0.25, -0.2) is 4.39 Å². The molecule has 0 N–H and O–H groups in total. The van der Waals surface area contributed by atoms with Gasteiger partial charge in [-0.05, 0) is 84.9 Å². The number of hydrogen-bond acceptors (Lipinski definition) is 2. The minimum Gasteiger partial charge on any atom is -0.371 e. The number of thioether (sulfide) groups is 1. The fourth-order valence-electron chi connectivity index (χ4n) is 4.79. The molecule has 1 aliphatic heterocycles. The Morgan fingerprint density at radius 1 is 0.957 bits per heavy atom. The molecule has 0 amide bonds. The molecule has 0 aromatic heterocycles. The summed E-state index contributed by atoms with van der Waals surface area (Å²) in [5, 5.41) is 2.17. The fraction of sp³-hybridized carbons (Fsp3) is 0.535. The molecule has 1 unspecified atom stereocenters. The molecule has 2 aromatic carbocycles. The van der Waals surface area contributed by atoms with E-state index < -0.39 is 5.67 Å². The predicted molar refractivity (Wildman–Crippen MR) is 211 cm³/mol. The lowest BCUT2D eigenvalue weighted by atomic mass is 9.92. The highest BCUT2D eigenvalue weighted by Gasteiger charge is 2.24. The Hall–Kier alpha value is -2.52. The van der Waals surface area contributed by atoms with Crippen molar-refractivity contribution in [2.75, 3.05) is 13.1 Å². The Balaban J connectivity index is 0.00000133. The van der Waals surface area contributed by atoms with Gasteiger partial charge in [0.25, 0.3) is 0 Å². The van der Waals surface area contributed by atoms with Crippen LogP contribution in [0.25, 0.3) is 16.8 Å². The molecular formula is C43H68FNS. The molecule has 1 nitrogen and oxygen atoms in total. The van der Waals surface area contributed by atoms with Crippen molar-refractivity contribution in [3.05, 3.63) is 101 Å². The number of alkyl halides is 1. The van der Waals surface area contributed by atoms with E-state index in [1.807, 2.05) is 51.1 Å². The van der Waals surface area contributed by atoms with Crippen LogP contribution >= 0.6 is 11.8 Å². The van der Waals surface area contributed by atoms with E-state index >= 15 is 0 Å². The van der Waals surface area contributed by atoms with Gasteiger partial charge in [-0.1, -0.05) is 154 Å². The van der Waals surface area contributed by atoms with Gasteiger partial charge in [-0.15, -0.1) is 11.8 Å². The lowest BCUT2D eigenvalue weighted by molar-refractivity contribution is 0.221. The van der Waals surface area contributed by atoms with Gasteiger partial charge in [-0.2, -0.15) is 0 Å². The first-order valence-corrected chi connectivity index (χ1v) is 18.7. The Bertz CT molecular complexity index is 1180. The Kier molecular flexibility index (Phi) is 22.4. The number of likely N-dealkylation sites (tertiary alicyclic amines) is 1. The van der Waals surface area contributed by atoms with Crippen LogP contribution in [0.3, 0.4) is 0 Å². The Morgan fingerprint density at radius 2 is 1.50 bits per heavy atom. The Morgan fingerprint density at radius 3 is 1.98 bits per heavy atom. The summed E-state index contributed by atoms with van der Waals surface area (Å²) in [4.78, 5) is 3.62. The molecule has 0 spiro atoms. The van der Waals surface area contributed by atoms with Crippen molar-refractivity contribution in [2.24, 2.45) is 11.8 Å². The minimum absolute atomic E-state index is 0.514. The van der Waals surface area contributed by atoms with Crippen LogP contribution in [0.15, 0.2) is 89.7 Å². The normalized spacial score (nSPS) is 14.0. The average Bonchev–Trinajstić information content (AvgIpc) is 3.06. The van der Waals surface area contributed by atoms with E-state index in [2.05, 4.69) is 89.8 Å². The largest absolute Gasteiger partial charge is 0.371 e. The number of allylic oxidation sites excluding steroid dienone is 3. The quantitative estimate of drug-likeness (QED) is 0.211. The maximum absolute atomic E-state index is 14.3. The van der Waals surface area contributed by atoms with Crippen LogP contribution in [-0.4, -0.2) is 18.0 Å². The van der Waals surface area contributed by atoms with Crippen LogP contribution in [0.2, 0.25) is 0 Å². The summed E-state index contributed by atoms with van der Waals surface area (Å²) in [6, 6.07) is 16.2. The van der Waals surface area contributed by atoms with E-state index in [1.54, 1.807) is 25.6 Å². The summed E-state index contributed by atoms with van der Waals surface area (Å²) in [6.07, 6.45) is 8.94. The van der Waals surface area contributed by atoms with E-state index in [0.29, 0.717) is 11.5 Å². The van der Waals surface area contributed by atoms with Crippen molar-refractivity contribution in [1.29, 1.82) is 0 Å². The second-order valence-electron chi connectivity index (χ2n) is 12.8. The van der Waals surface area contributed by atoms with Crippen LogP contribution in [0.1, 0.15) is 132 Å². The first-order chi connectivity index (χ1) is 21.8. The number of halogens is 1. The fourth-order valence-corrected chi connectivity index (χ4v) is 5.75. The zero-order chi connectivity index (χ0) is 35.3. The molecule has 1 fully saturated rings. The standard InChI is InChI=1S/C30H36FNS.C8H18.C3H8.C2H6/c1-21(2)22(3)20-33-24(5)25-16-18-32(19-17-25)23(4)28-10-8-9-11-29(28)26-12-14-27(15-13-26)30(6,7)31;1-4-6-7-8(3)5-2;1-3-2;1-2/h8-15,20,25H,1,4-5,16-19H2,2-3,6-7H3;8H,4-7H2,1-3H3;3H2,1-2H3;1-2H3/b22-20+;;;. The number of rotatable bonds is 12. The van der Waals surface area contributed by atoms with E-state index in [-0.39, 0.29) is 0 Å². The van der Waals surface area contributed by atoms with E-state index in [1.165, 1.54) is 42.6 Å². The number of piperidine rings is 1. The predicted octanol–water partition coefficient (Wildman–Crippen LogP) is 14.6. The average molecular weight is 650 g/mol. The molecule has 0 aliphatic carbocycles. The van der Waals surface area contributed by atoms with E-state index in [9.17, 15) is 4.39 Å². The molecule has 46 heavy (non-hydrogen) atoms. The van der Waals surface area contributed by atoms with Crippen molar-refractivity contribution in [2.45, 2.75) is 127 Å². The molecule has 1 aliphatic rings. The summed E-state index contributed by atoms with van der Waals surface area (Å²) in [6.45, 7) is 37.1. The van der Waals surface area contributed by atoms with Gasteiger partial charge in [0.05, 0.1) is 0 Å². The van der Waals surface area contributed by atoms with E-state index in [4.69, 9.17) is 0 Å². The topological polar surface area (TPSA) is 3.24 Å². The summed E-state index contributed by atoms with van der Waals surface area (Å²) >= 11 is 1.74. The van der Waals surface area contributed by atoms with Gasteiger partial charge in [0.1, 0.15) is 5.67 Å². The van der Waals surface area contributed by atoms with Crippen molar-refractivity contribution >= 4 is 17.5 Å². The third-order valence-electron chi connectivity index (χ3n) is 8.26. The van der Waals surface area contributed by atoms with E-state index in [0.717, 1.165) is 59.8 Å². The second kappa shape index (κ2) is 23.7. The van der Waals surface area contributed by atoms with Crippen LogP contribution in [0.5, 0.6) is 0 Å². The first kappa shape index (κ1) is 43.5. The molecule has 1 saturated heterocycles. The Labute approximate surface area is 289 Å². The molecule has 0 bridgehead atoms. The summed E-state index contributed by atoms with van der Waals surface area (Å²) in [5.74, 6) is 1.47. The first-order valence-electron chi connectivity index (χ1n) is 17.8. The highest BCUT2D eigenvalue weighted by molar-refractivity contribution is 8.05. The zero-order valence-corrected chi connectivity index (χ0v) is 32.4. The van der Waals surface area contributed by atoms with Gasteiger partial charge in [0.2, 0.25) is 0 Å². The highest BCUT2D eigenvalue weighted by atomic mass is 32.2. The lowest BCUT2D eigenvalue weighted by Gasteiger charge is -2.36. The molecule has 0 radical (unpaired) electrons. The molecule has 3 rings (SSSR count). The van der Waals surface area contributed by atoms with Crippen molar-refractivity contribution in [3.8, 4) is 11.1 Å². The monoisotopic (exact) mass is 650 g/mol. The molecule has 0 saturated carbocycles. The van der Waals surface area contributed by atoms with Crippen molar-refractivity contribution in [1.82, 2.24) is 4.90 Å².